The van der Waals surface area contributed by atoms with E-state index in [4.69, 9.17) is 9.47 Å². The monoisotopic (exact) mass is 410 g/mol. The Balaban J connectivity index is 1.28. The summed E-state index contributed by atoms with van der Waals surface area (Å²) in [4.78, 5) is 23.2. The molecule has 1 fully saturated rings. The van der Waals surface area contributed by atoms with E-state index >= 15 is 0 Å². The molecule has 0 atom stereocenters. The highest BCUT2D eigenvalue weighted by molar-refractivity contribution is 5.77. The summed E-state index contributed by atoms with van der Waals surface area (Å²) in [6.45, 7) is 4.87. The molecule has 0 aliphatic carbocycles. The number of hydrogen-bond acceptors (Lipinski definition) is 9. The second-order valence-corrected chi connectivity index (χ2v) is 6.63. The summed E-state index contributed by atoms with van der Waals surface area (Å²) in [7, 11) is 0. The van der Waals surface area contributed by atoms with Gasteiger partial charge in [-0.05, 0) is 19.1 Å². The standard InChI is InChI=1S/C19H22N8O3/c1-14-11-17(26-7-9-29-10-8-26)23-15(22-14)12-20-18(28)13-30-19-4-3-16(24-25-19)27-6-2-5-21-27/h2-6,11H,7-10,12-13H2,1H3,(H,20,28). The van der Waals surface area contributed by atoms with E-state index in [-0.39, 0.29) is 24.9 Å². The number of ether oxygens (including phenoxy) is 2. The molecule has 0 saturated carbocycles. The number of nitrogens with one attached hydrogen (secondary N) is 1. The lowest BCUT2D eigenvalue weighted by Crippen LogP contribution is -2.37. The molecular weight excluding hydrogens is 388 g/mol. The second kappa shape index (κ2) is 9.27. The average molecular weight is 410 g/mol. The minimum Gasteiger partial charge on any atom is -0.466 e. The SMILES string of the molecule is Cc1cc(N2CCOCC2)nc(CNC(=O)COc2ccc(-n3cccn3)nn2)n1. The fraction of sp³-hybridized carbons (Fsp3) is 0.368. The molecule has 4 rings (SSSR count). The molecule has 4 heterocycles. The molecule has 11 heteroatoms. The first kappa shape index (κ1) is 19.7. The number of morpholine rings is 1. The van der Waals surface area contributed by atoms with Crippen LogP contribution in [0.25, 0.3) is 5.82 Å². The van der Waals surface area contributed by atoms with Crippen molar-refractivity contribution < 1.29 is 14.3 Å². The molecule has 1 saturated heterocycles. The summed E-state index contributed by atoms with van der Waals surface area (Å²) in [6.07, 6.45) is 3.41. The largest absolute Gasteiger partial charge is 0.466 e. The van der Waals surface area contributed by atoms with E-state index in [1.165, 1.54) is 0 Å². The van der Waals surface area contributed by atoms with Crippen molar-refractivity contribution in [2.24, 2.45) is 0 Å². The van der Waals surface area contributed by atoms with E-state index in [1.54, 1.807) is 35.3 Å². The molecule has 0 spiro atoms. The first-order chi connectivity index (χ1) is 14.7. The molecule has 1 N–H and O–H groups in total. The molecule has 1 aliphatic rings. The lowest BCUT2D eigenvalue weighted by molar-refractivity contribution is -0.123. The molecule has 11 nitrogen and oxygen atoms in total. The maximum Gasteiger partial charge on any atom is 0.258 e. The Morgan fingerprint density at radius 3 is 2.80 bits per heavy atom. The number of aromatic nitrogens is 6. The fourth-order valence-electron chi connectivity index (χ4n) is 2.93. The zero-order valence-corrected chi connectivity index (χ0v) is 16.6. The Hall–Kier alpha value is -3.60. The third-order valence-electron chi connectivity index (χ3n) is 4.38. The van der Waals surface area contributed by atoms with Gasteiger partial charge in [0.2, 0.25) is 5.88 Å². The minimum absolute atomic E-state index is 0.183. The number of nitrogens with zero attached hydrogens (tertiary/aromatic N) is 7. The lowest BCUT2D eigenvalue weighted by Gasteiger charge is -2.28. The van der Waals surface area contributed by atoms with Crippen LogP contribution in [0.1, 0.15) is 11.5 Å². The molecule has 1 aliphatic heterocycles. The quantitative estimate of drug-likeness (QED) is 0.586. The summed E-state index contributed by atoms with van der Waals surface area (Å²) in [6, 6.07) is 7.07. The van der Waals surface area contributed by atoms with Crippen LogP contribution in [-0.4, -0.2) is 68.8 Å². The van der Waals surface area contributed by atoms with Crippen LogP contribution >= 0.6 is 0 Å². The normalized spacial score (nSPS) is 13.8. The third kappa shape index (κ3) is 5.06. The molecule has 0 radical (unpaired) electrons. The summed E-state index contributed by atoms with van der Waals surface area (Å²) in [5.41, 5.74) is 0.847. The van der Waals surface area contributed by atoms with Gasteiger partial charge in [-0.2, -0.15) is 5.10 Å². The van der Waals surface area contributed by atoms with Crippen LogP contribution < -0.4 is 15.0 Å². The number of carbonyl (C=O) groups is 1. The van der Waals surface area contributed by atoms with Crippen LogP contribution in [0.15, 0.2) is 36.7 Å². The van der Waals surface area contributed by atoms with Gasteiger partial charge in [0, 0.05) is 43.3 Å². The van der Waals surface area contributed by atoms with Gasteiger partial charge < -0.3 is 19.7 Å². The highest BCUT2D eigenvalue weighted by atomic mass is 16.5. The number of carbonyl (C=O) groups excluding carboxylic acids is 1. The van der Waals surface area contributed by atoms with Crippen molar-refractivity contribution in [3.63, 3.8) is 0 Å². The van der Waals surface area contributed by atoms with Gasteiger partial charge in [-0.25, -0.2) is 14.6 Å². The summed E-state index contributed by atoms with van der Waals surface area (Å²) >= 11 is 0. The first-order valence-corrected chi connectivity index (χ1v) is 9.58. The van der Waals surface area contributed by atoms with Crippen molar-refractivity contribution >= 4 is 11.7 Å². The molecule has 1 amide bonds. The van der Waals surface area contributed by atoms with Gasteiger partial charge in [0.15, 0.2) is 12.4 Å². The highest BCUT2D eigenvalue weighted by Crippen LogP contribution is 2.14. The van der Waals surface area contributed by atoms with E-state index < -0.39 is 0 Å². The Morgan fingerprint density at radius 2 is 2.07 bits per heavy atom. The summed E-state index contributed by atoms with van der Waals surface area (Å²) in [5, 5.41) is 14.8. The fourth-order valence-corrected chi connectivity index (χ4v) is 2.93. The van der Waals surface area contributed by atoms with Gasteiger partial charge in [0.05, 0.1) is 19.8 Å². The maximum absolute atomic E-state index is 12.1. The minimum atomic E-state index is -0.300. The Labute approximate surface area is 173 Å². The molecule has 30 heavy (non-hydrogen) atoms. The molecule has 3 aromatic rings. The molecule has 3 aromatic heterocycles. The molecule has 0 unspecified atom stereocenters. The van der Waals surface area contributed by atoms with Crippen LogP contribution in [0.4, 0.5) is 5.82 Å². The van der Waals surface area contributed by atoms with Crippen molar-refractivity contribution in [2.45, 2.75) is 13.5 Å². The average Bonchev–Trinajstić information content (AvgIpc) is 3.32. The second-order valence-electron chi connectivity index (χ2n) is 6.63. The van der Waals surface area contributed by atoms with Crippen molar-refractivity contribution in [3.05, 3.63) is 48.2 Å². The van der Waals surface area contributed by atoms with Gasteiger partial charge in [0.25, 0.3) is 5.91 Å². The number of amides is 1. The predicted molar refractivity (Wildman–Crippen MR) is 106 cm³/mol. The summed E-state index contributed by atoms with van der Waals surface area (Å²) in [5.74, 6) is 1.91. The van der Waals surface area contributed by atoms with E-state index in [0.717, 1.165) is 24.6 Å². The van der Waals surface area contributed by atoms with Crippen molar-refractivity contribution in [1.29, 1.82) is 0 Å². The zero-order valence-electron chi connectivity index (χ0n) is 16.6. The van der Waals surface area contributed by atoms with E-state index in [2.05, 4.69) is 35.5 Å². The van der Waals surface area contributed by atoms with E-state index in [1.807, 2.05) is 13.0 Å². The van der Waals surface area contributed by atoms with Crippen LogP contribution in [0.3, 0.4) is 0 Å². The molecule has 0 bridgehead atoms. The van der Waals surface area contributed by atoms with Gasteiger partial charge in [-0.1, -0.05) is 0 Å². The maximum atomic E-state index is 12.1. The van der Waals surface area contributed by atoms with Gasteiger partial charge in [-0.15, -0.1) is 10.2 Å². The molecule has 0 aromatic carbocycles. The smallest absolute Gasteiger partial charge is 0.258 e. The van der Waals surface area contributed by atoms with Crippen LogP contribution in [0, 0.1) is 6.92 Å². The van der Waals surface area contributed by atoms with Crippen molar-refractivity contribution in [1.82, 2.24) is 35.3 Å². The number of hydrogen-bond donors (Lipinski definition) is 1. The third-order valence-corrected chi connectivity index (χ3v) is 4.38. The highest BCUT2D eigenvalue weighted by Gasteiger charge is 2.14. The van der Waals surface area contributed by atoms with Crippen LogP contribution in [-0.2, 0) is 16.1 Å². The Bertz CT molecular complexity index is 972. The zero-order chi connectivity index (χ0) is 20.8. The van der Waals surface area contributed by atoms with Crippen molar-refractivity contribution in [3.8, 4) is 11.7 Å². The Kier molecular flexibility index (Phi) is 6.09. The van der Waals surface area contributed by atoms with Gasteiger partial charge >= 0.3 is 0 Å². The topological polar surface area (TPSA) is 120 Å². The van der Waals surface area contributed by atoms with Crippen LogP contribution in [0.2, 0.25) is 0 Å². The number of rotatable bonds is 7. The van der Waals surface area contributed by atoms with Crippen molar-refractivity contribution in [2.75, 3.05) is 37.8 Å². The van der Waals surface area contributed by atoms with Crippen LogP contribution in [0.5, 0.6) is 5.88 Å². The Morgan fingerprint density at radius 1 is 1.20 bits per heavy atom. The molecular formula is C19H22N8O3. The van der Waals surface area contributed by atoms with Gasteiger partial charge in [0.1, 0.15) is 11.6 Å². The molecule has 156 valence electrons. The number of aryl methyl sites for hydroxylation is 1. The summed E-state index contributed by atoms with van der Waals surface area (Å²) < 4.78 is 12.4. The lowest BCUT2D eigenvalue weighted by atomic mass is 10.3. The van der Waals surface area contributed by atoms with Gasteiger partial charge in [-0.3, -0.25) is 4.79 Å². The van der Waals surface area contributed by atoms with E-state index in [0.29, 0.717) is 24.9 Å². The predicted octanol–water partition coefficient (Wildman–Crippen LogP) is 0.293. The van der Waals surface area contributed by atoms with E-state index in [9.17, 15) is 4.79 Å². The number of anilines is 1. The first-order valence-electron chi connectivity index (χ1n) is 9.58.